The number of amides is 1. The van der Waals surface area contributed by atoms with E-state index in [-0.39, 0.29) is 24.0 Å². The highest BCUT2D eigenvalue weighted by Gasteiger charge is 2.46. The molecule has 3 heterocycles. The van der Waals surface area contributed by atoms with Gasteiger partial charge in [0.05, 0.1) is 18.6 Å². The minimum atomic E-state index is -0.478. The predicted octanol–water partition coefficient (Wildman–Crippen LogP) is 4.41. The Balaban J connectivity index is 1.83. The van der Waals surface area contributed by atoms with Crippen molar-refractivity contribution in [1.82, 2.24) is 4.90 Å². The van der Waals surface area contributed by atoms with Crippen LogP contribution in [0.1, 0.15) is 47.3 Å². The fraction of sp³-hybridized carbons (Fsp3) is 0.238. The van der Waals surface area contributed by atoms with Gasteiger partial charge < -0.3 is 13.7 Å². The Morgan fingerprint density at radius 3 is 2.23 bits per heavy atom. The number of hydrogen-bond donors (Lipinski definition) is 0. The van der Waals surface area contributed by atoms with Gasteiger partial charge in [0.15, 0.2) is 0 Å². The third kappa shape index (κ3) is 2.75. The molecule has 132 valence electrons. The lowest BCUT2D eigenvalue weighted by molar-refractivity contribution is -0.130. The van der Waals surface area contributed by atoms with Crippen molar-refractivity contribution in [3.63, 3.8) is 0 Å². The van der Waals surface area contributed by atoms with Crippen molar-refractivity contribution in [1.29, 1.82) is 0 Å². The van der Waals surface area contributed by atoms with Gasteiger partial charge >= 0.3 is 0 Å². The first kappa shape index (κ1) is 16.4. The standard InChI is InChI=1S/C21H19NO4/c1-14-17(23)13-16(18-9-5-11-25-18)22(20(14)19-10-6-12-26-19)21(24)15-7-3-2-4-8-15/h2-12,14,16,20H,13H2,1H3/t14-,16+,20-/m1/s1. The molecule has 0 N–H and O–H groups in total. The summed E-state index contributed by atoms with van der Waals surface area (Å²) in [5.41, 5.74) is 0.571. The maximum Gasteiger partial charge on any atom is 0.255 e. The first-order chi connectivity index (χ1) is 12.7. The second-order valence-corrected chi connectivity index (χ2v) is 6.53. The number of Topliss-reactive ketones (excluding diaryl/α,β-unsaturated/α-hetero) is 1. The smallest absolute Gasteiger partial charge is 0.255 e. The van der Waals surface area contributed by atoms with Gasteiger partial charge in [-0.3, -0.25) is 9.59 Å². The quantitative estimate of drug-likeness (QED) is 0.703. The van der Waals surface area contributed by atoms with Gasteiger partial charge in [-0.25, -0.2) is 0 Å². The van der Waals surface area contributed by atoms with Gasteiger partial charge in [-0.1, -0.05) is 25.1 Å². The van der Waals surface area contributed by atoms with E-state index in [1.165, 1.54) is 0 Å². The minimum Gasteiger partial charge on any atom is -0.467 e. The lowest BCUT2D eigenvalue weighted by atomic mass is 9.83. The Hall–Kier alpha value is -3.08. The van der Waals surface area contributed by atoms with Crippen LogP contribution in [0.2, 0.25) is 0 Å². The number of likely N-dealkylation sites (tertiary alicyclic amines) is 1. The molecule has 3 atom stereocenters. The van der Waals surface area contributed by atoms with Crippen LogP contribution in [0.5, 0.6) is 0 Å². The van der Waals surface area contributed by atoms with Crippen LogP contribution < -0.4 is 0 Å². The van der Waals surface area contributed by atoms with Crippen molar-refractivity contribution in [3.8, 4) is 0 Å². The Morgan fingerprint density at radius 2 is 1.62 bits per heavy atom. The zero-order valence-electron chi connectivity index (χ0n) is 14.4. The molecular weight excluding hydrogens is 330 g/mol. The highest BCUT2D eigenvalue weighted by Crippen LogP contribution is 2.44. The van der Waals surface area contributed by atoms with E-state index < -0.39 is 12.1 Å². The number of rotatable bonds is 3. The van der Waals surface area contributed by atoms with Crippen LogP contribution in [-0.4, -0.2) is 16.6 Å². The number of carbonyl (C=O) groups is 2. The minimum absolute atomic E-state index is 0.0879. The Morgan fingerprint density at radius 1 is 0.962 bits per heavy atom. The molecule has 0 radical (unpaired) electrons. The number of piperidine rings is 1. The van der Waals surface area contributed by atoms with Crippen LogP contribution >= 0.6 is 0 Å². The third-order valence-electron chi connectivity index (χ3n) is 4.97. The third-order valence-corrected chi connectivity index (χ3v) is 4.97. The van der Waals surface area contributed by atoms with Crippen LogP contribution in [0.25, 0.3) is 0 Å². The second kappa shape index (κ2) is 6.67. The van der Waals surface area contributed by atoms with Crippen molar-refractivity contribution in [2.75, 3.05) is 0 Å². The van der Waals surface area contributed by atoms with Crippen LogP contribution in [0, 0.1) is 5.92 Å². The summed E-state index contributed by atoms with van der Waals surface area (Å²) in [6.07, 6.45) is 3.35. The molecule has 0 spiro atoms. The summed E-state index contributed by atoms with van der Waals surface area (Å²) < 4.78 is 11.2. The first-order valence-electron chi connectivity index (χ1n) is 8.64. The van der Waals surface area contributed by atoms with Gasteiger partial charge in [0.1, 0.15) is 23.3 Å². The number of furan rings is 2. The van der Waals surface area contributed by atoms with Gasteiger partial charge in [0.2, 0.25) is 0 Å². The zero-order valence-corrected chi connectivity index (χ0v) is 14.4. The van der Waals surface area contributed by atoms with Crippen LogP contribution in [0.4, 0.5) is 0 Å². The molecule has 3 aromatic rings. The fourth-order valence-corrected chi connectivity index (χ4v) is 3.64. The van der Waals surface area contributed by atoms with E-state index in [0.29, 0.717) is 17.1 Å². The summed E-state index contributed by atoms with van der Waals surface area (Å²) in [5, 5.41) is 0. The van der Waals surface area contributed by atoms with Gasteiger partial charge in [-0.05, 0) is 36.4 Å². The van der Waals surface area contributed by atoms with Gasteiger partial charge in [-0.15, -0.1) is 0 Å². The summed E-state index contributed by atoms with van der Waals surface area (Å²) in [6, 6.07) is 15.3. The van der Waals surface area contributed by atoms with E-state index in [0.717, 1.165) is 0 Å². The van der Waals surface area contributed by atoms with Crippen molar-refractivity contribution in [2.24, 2.45) is 5.92 Å². The molecule has 0 bridgehead atoms. The molecule has 1 aromatic carbocycles. The average molecular weight is 349 g/mol. The topological polar surface area (TPSA) is 63.7 Å². The fourth-order valence-electron chi connectivity index (χ4n) is 3.64. The summed E-state index contributed by atoms with van der Waals surface area (Å²) in [6.45, 7) is 1.85. The zero-order chi connectivity index (χ0) is 18.1. The molecule has 5 nitrogen and oxygen atoms in total. The molecule has 1 saturated heterocycles. The number of hydrogen-bond acceptors (Lipinski definition) is 4. The lowest BCUT2D eigenvalue weighted by Gasteiger charge is -2.43. The van der Waals surface area contributed by atoms with Crippen molar-refractivity contribution in [3.05, 3.63) is 84.2 Å². The van der Waals surface area contributed by atoms with E-state index in [1.807, 2.05) is 31.2 Å². The van der Waals surface area contributed by atoms with Gasteiger partial charge in [0.25, 0.3) is 5.91 Å². The summed E-state index contributed by atoms with van der Waals surface area (Å²) in [4.78, 5) is 27.8. The molecule has 1 amide bonds. The Labute approximate surface area is 151 Å². The number of ketones is 1. The number of nitrogens with zero attached hydrogens (tertiary/aromatic N) is 1. The molecule has 1 aliphatic rings. The monoisotopic (exact) mass is 349 g/mol. The van der Waals surface area contributed by atoms with Crippen molar-refractivity contribution < 1.29 is 18.4 Å². The molecule has 2 aromatic heterocycles. The summed E-state index contributed by atoms with van der Waals surface area (Å²) in [7, 11) is 0. The van der Waals surface area contributed by atoms with Gasteiger partial charge in [0, 0.05) is 17.9 Å². The van der Waals surface area contributed by atoms with E-state index >= 15 is 0 Å². The largest absolute Gasteiger partial charge is 0.467 e. The maximum absolute atomic E-state index is 13.4. The van der Waals surface area contributed by atoms with Crippen molar-refractivity contribution >= 4 is 11.7 Å². The molecule has 0 saturated carbocycles. The molecule has 26 heavy (non-hydrogen) atoms. The van der Waals surface area contributed by atoms with Crippen LogP contribution in [-0.2, 0) is 4.79 Å². The van der Waals surface area contributed by atoms with E-state index in [9.17, 15) is 9.59 Å². The van der Waals surface area contributed by atoms with Crippen molar-refractivity contribution in [2.45, 2.75) is 25.4 Å². The molecule has 0 unspecified atom stereocenters. The molecular formula is C21H19NO4. The molecule has 0 aliphatic carbocycles. The van der Waals surface area contributed by atoms with E-state index in [4.69, 9.17) is 8.83 Å². The summed E-state index contributed by atoms with van der Waals surface area (Å²) in [5.74, 6) is 0.787. The second-order valence-electron chi connectivity index (χ2n) is 6.53. The first-order valence-corrected chi connectivity index (χ1v) is 8.64. The normalized spacial score (nSPS) is 23.2. The molecule has 5 heteroatoms. The predicted molar refractivity (Wildman–Crippen MR) is 94.3 cm³/mol. The van der Waals surface area contributed by atoms with Gasteiger partial charge in [-0.2, -0.15) is 0 Å². The highest BCUT2D eigenvalue weighted by molar-refractivity contribution is 5.96. The Bertz CT molecular complexity index is 884. The summed E-state index contributed by atoms with van der Waals surface area (Å²) >= 11 is 0. The maximum atomic E-state index is 13.4. The molecule has 4 rings (SSSR count). The lowest BCUT2D eigenvalue weighted by Crippen LogP contribution is -2.47. The number of carbonyl (C=O) groups excluding carboxylic acids is 2. The number of benzene rings is 1. The average Bonchev–Trinajstić information content (AvgIpc) is 3.37. The molecule has 1 aliphatic heterocycles. The van der Waals surface area contributed by atoms with Crippen LogP contribution in [0.3, 0.4) is 0 Å². The SMILES string of the molecule is C[C@@H]1C(=O)C[C@@H](c2ccco2)N(C(=O)c2ccccc2)[C@H]1c1ccco1. The molecule has 1 fully saturated rings. The van der Waals surface area contributed by atoms with E-state index in [2.05, 4.69) is 0 Å². The van der Waals surface area contributed by atoms with E-state index in [1.54, 1.807) is 47.8 Å². The Kier molecular flexibility index (Phi) is 4.21. The van der Waals surface area contributed by atoms with Crippen LogP contribution in [0.15, 0.2) is 76.0 Å². The highest BCUT2D eigenvalue weighted by atomic mass is 16.3.